The fourth-order valence-electron chi connectivity index (χ4n) is 3.12. The maximum Gasteiger partial charge on any atom is 0.224 e. The molecule has 0 heterocycles. The van der Waals surface area contributed by atoms with E-state index < -0.39 is 0 Å². The van der Waals surface area contributed by atoms with Gasteiger partial charge in [-0.1, -0.05) is 24.3 Å². The Hall–Kier alpha value is -1.02. The molecule has 0 aliphatic heterocycles. The second kappa shape index (κ2) is 4.93. The summed E-state index contributed by atoms with van der Waals surface area (Å²) in [6.45, 7) is 0. The first-order chi connectivity index (χ1) is 8.74. The molecule has 0 bridgehead atoms. The lowest BCUT2D eigenvalue weighted by Crippen LogP contribution is -2.41. The Labute approximate surface area is 113 Å². The van der Waals surface area contributed by atoms with Gasteiger partial charge >= 0.3 is 0 Å². The molecule has 0 radical (unpaired) electrons. The molecule has 1 saturated carbocycles. The summed E-state index contributed by atoms with van der Waals surface area (Å²) < 4.78 is 0. The molecule has 1 fully saturated rings. The molecule has 3 heteroatoms. The molecule has 1 amide bonds. The van der Waals surface area contributed by atoms with Gasteiger partial charge in [0.1, 0.15) is 0 Å². The van der Waals surface area contributed by atoms with Crippen molar-refractivity contribution in [1.82, 2.24) is 5.32 Å². The van der Waals surface area contributed by atoms with Crippen LogP contribution in [-0.2, 0) is 17.6 Å². The number of carbonyl (C=O) groups excluding carboxylic acids is 1. The quantitative estimate of drug-likeness (QED) is 0.817. The topological polar surface area (TPSA) is 29.1 Å². The lowest BCUT2D eigenvalue weighted by atomic mass is 10.0. The molecule has 0 saturated heterocycles. The Bertz CT molecular complexity index is 435. The van der Waals surface area contributed by atoms with Crippen molar-refractivity contribution in [3.8, 4) is 0 Å². The van der Waals surface area contributed by atoms with E-state index in [1.807, 2.05) is 12.1 Å². The van der Waals surface area contributed by atoms with E-state index in [9.17, 15) is 4.79 Å². The van der Waals surface area contributed by atoms with E-state index in [-0.39, 0.29) is 23.2 Å². The molecule has 2 aliphatic rings. The van der Waals surface area contributed by atoms with Crippen LogP contribution in [0.5, 0.6) is 0 Å². The molecular weight excluding hydrogens is 246 g/mol. The number of hydrogen-bond acceptors (Lipinski definition) is 1. The molecule has 3 rings (SSSR count). The Morgan fingerprint density at radius 3 is 2.39 bits per heavy atom. The molecule has 96 valence electrons. The highest BCUT2D eigenvalue weighted by Gasteiger charge is 2.31. The Morgan fingerprint density at radius 2 is 1.83 bits per heavy atom. The molecule has 0 spiro atoms. The molecule has 2 unspecified atom stereocenters. The van der Waals surface area contributed by atoms with Crippen molar-refractivity contribution in [2.75, 3.05) is 0 Å². The Balaban J connectivity index is 1.62. The van der Waals surface area contributed by atoms with E-state index in [0.717, 1.165) is 32.1 Å². The van der Waals surface area contributed by atoms with Crippen LogP contribution in [0.3, 0.4) is 0 Å². The molecule has 2 aliphatic carbocycles. The highest BCUT2D eigenvalue weighted by molar-refractivity contribution is 6.21. The number of amides is 1. The highest BCUT2D eigenvalue weighted by Crippen LogP contribution is 2.28. The first-order valence-corrected chi connectivity index (χ1v) is 7.19. The third-order valence-corrected chi connectivity index (χ3v) is 4.70. The zero-order valence-electron chi connectivity index (χ0n) is 10.4. The van der Waals surface area contributed by atoms with Crippen molar-refractivity contribution < 1.29 is 4.79 Å². The summed E-state index contributed by atoms with van der Waals surface area (Å²) in [5.41, 5.74) is 2.65. The van der Waals surface area contributed by atoms with Crippen LogP contribution in [0.25, 0.3) is 0 Å². The lowest BCUT2D eigenvalue weighted by molar-refractivity contribution is -0.125. The number of rotatable bonds is 2. The molecular formula is C15H18ClNO. The van der Waals surface area contributed by atoms with Gasteiger partial charge in [-0.2, -0.15) is 0 Å². The van der Waals surface area contributed by atoms with Crippen LogP contribution in [0.2, 0.25) is 0 Å². The van der Waals surface area contributed by atoms with Gasteiger partial charge in [-0.15, -0.1) is 11.6 Å². The maximum atomic E-state index is 12.2. The van der Waals surface area contributed by atoms with Gasteiger partial charge in [0.15, 0.2) is 0 Å². The predicted molar refractivity (Wildman–Crippen MR) is 72.8 cm³/mol. The third-order valence-electron chi connectivity index (χ3n) is 4.18. The van der Waals surface area contributed by atoms with E-state index >= 15 is 0 Å². The average Bonchev–Trinajstić information content (AvgIpc) is 2.96. The Morgan fingerprint density at radius 1 is 1.17 bits per heavy atom. The number of carbonyl (C=O) groups is 1. The van der Waals surface area contributed by atoms with Crippen LogP contribution in [0.15, 0.2) is 24.3 Å². The van der Waals surface area contributed by atoms with Gasteiger partial charge < -0.3 is 5.32 Å². The summed E-state index contributed by atoms with van der Waals surface area (Å²) in [6, 6.07) is 8.53. The monoisotopic (exact) mass is 263 g/mol. The normalized spacial score (nSPS) is 27.2. The number of halogens is 1. The van der Waals surface area contributed by atoms with Gasteiger partial charge in [-0.05, 0) is 43.2 Å². The number of hydrogen-bond donors (Lipinski definition) is 1. The van der Waals surface area contributed by atoms with Crippen LogP contribution >= 0.6 is 11.6 Å². The summed E-state index contributed by atoms with van der Waals surface area (Å²) in [6.07, 6.45) is 4.93. The van der Waals surface area contributed by atoms with Crippen LogP contribution < -0.4 is 5.32 Å². The van der Waals surface area contributed by atoms with Gasteiger partial charge in [0.25, 0.3) is 0 Å². The van der Waals surface area contributed by atoms with E-state index in [2.05, 4.69) is 17.4 Å². The van der Waals surface area contributed by atoms with Crippen LogP contribution in [0, 0.1) is 5.92 Å². The molecule has 0 aromatic heterocycles. The number of benzene rings is 1. The summed E-state index contributed by atoms with van der Waals surface area (Å²) in [4.78, 5) is 12.2. The van der Waals surface area contributed by atoms with Crippen molar-refractivity contribution in [3.05, 3.63) is 35.4 Å². The van der Waals surface area contributed by atoms with Crippen molar-refractivity contribution >= 4 is 17.5 Å². The van der Waals surface area contributed by atoms with Crippen LogP contribution in [0.1, 0.15) is 30.4 Å². The maximum absolute atomic E-state index is 12.2. The van der Waals surface area contributed by atoms with Crippen molar-refractivity contribution in [3.63, 3.8) is 0 Å². The first kappa shape index (κ1) is 12.0. The number of fused-ring (bicyclic) bond motifs is 1. The molecule has 1 aromatic rings. The SMILES string of the molecule is O=C(NC1CCCC1Cl)C1Cc2ccccc2C1. The van der Waals surface area contributed by atoms with E-state index in [0.29, 0.717) is 0 Å². The minimum absolute atomic E-state index is 0.104. The minimum Gasteiger partial charge on any atom is -0.352 e. The number of alkyl halides is 1. The lowest BCUT2D eigenvalue weighted by Gasteiger charge is -2.18. The van der Waals surface area contributed by atoms with Gasteiger partial charge in [0, 0.05) is 12.0 Å². The third kappa shape index (κ3) is 2.26. The molecule has 18 heavy (non-hydrogen) atoms. The smallest absolute Gasteiger partial charge is 0.224 e. The van der Waals surface area contributed by atoms with E-state index in [1.165, 1.54) is 11.1 Å². The fourth-order valence-corrected chi connectivity index (χ4v) is 3.47. The highest BCUT2D eigenvalue weighted by atomic mass is 35.5. The van der Waals surface area contributed by atoms with Gasteiger partial charge in [-0.3, -0.25) is 4.79 Å². The number of nitrogens with one attached hydrogen (secondary N) is 1. The molecule has 1 N–H and O–H groups in total. The largest absolute Gasteiger partial charge is 0.352 e. The van der Waals surface area contributed by atoms with Crippen molar-refractivity contribution in [1.29, 1.82) is 0 Å². The molecule has 1 aromatic carbocycles. The van der Waals surface area contributed by atoms with Crippen molar-refractivity contribution in [2.45, 2.75) is 43.5 Å². The summed E-state index contributed by atoms with van der Waals surface area (Å²) in [7, 11) is 0. The second-order valence-electron chi connectivity index (χ2n) is 5.44. The van der Waals surface area contributed by atoms with Gasteiger partial charge in [0.05, 0.1) is 5.38 Å². The van der Waals surface area contributed by atoms with E-state index in [1.54, 1.807) is 0 Å². The standard InChI is InChI=1S/C15H18ClNO/c16-13-6-3-7-14(13)17-15(18)12-8-10-4-1-2-5-11(10)9-12/h1-2,4-5,12-14H,3,6-9H2,(H,17,18). The minimum atomic E-state index is 0.104. The zero-order chi connectivity index (χ0) is 12.5. The predicted octanol–water partition coefficient (Wildman–Crippen LogP) is 2.68. The van der Waals surface area contributed by atoms with Crippen LogP contribution in [-0.4, -0.2) is 17.3 Å². The summed E-state index contributed by atoms with van der Waals surface area (Å²) in [5, 5.41) is 3.26. The average molecular weight is 264 g/mol. The van der Waals surface area contributed by atoms with Crippen LogP contribution in [0.4, 0.5) is 0 Å². The Kier molecular flexibility index (Phi) is 3.29. The first-order valence-electron chi connectivity index (χ1n) is 6.75. The van der Waals surface area contributed by atoms with E-state index in [4.69, 9.17) is 11.6 Å². The molecule has 2 nitrogen and oxygen atoms in total. The second-order valence-corrected chi connectivity index (χ2v) is 6.00. The molecule has 2 atom stereocenters. The van der Waals surface area contributed by atoms with Gasteiger partial charge in [0.2, 0.25) is 5.91 Å². The van der Waals surface area contributed by atoms with Crippen molar-refractivity contribution in [2.24, 2.45) is 5.92 Å². The van der Waals surface area contributed by atoms with Gasteiger partial charge in [-0.25, -0.2) is 0 Å². The fraction of sp³-hybridized carbons (Fsp3) is 0.533. The zero-order valence-corrected chi connectivity index (χ0v) is 11.1. The summed E-state index contributed by atoms with van der Waals surface area (Å²) >= 11 is 6.20. The summed E-state index contributed by atoms with van der Waals surface area (Å²) in [5.74, 6) is 0.288.